The molecule has 3 rings (SSSR count). The Hall–Kier alpha value is -2.83. The molecule has 0 atom stereocenters. The molecule has 25 heavy (non-hydrogen) atoms. The van der Waals surface area contributed by atoms with Crippen LogP contribution in [0.4, 0.5) is 23.0 Å². The first-order valence-corrected chi connectivity index (χ1v) is 8.34. The van der Waals surface area contributed by atoms with Gasteiger partial charge >= 0.3 is 5.97 Å². The molecule has 0 amide bonds. The molecule has 132 valence electrons. The van der Waals surface area contributed by atoms with Crippen molar-refractivity contribution in [1.29, 1.82) is 0 Å². The van der Waals surface area contributed by atoms with Gasteiger partial charge in [0, 0.05) is 25.8 Å². The Morgan fingerprint density at radius 1 is 1.24 bits per heavy atom. The summed E-state index contributed by atoms with van der Waals surface area (Å²) < 4.78 is 4.84. The summed E-state index contributed by atoms with van der Waals surface area (Å²) in [6.07, 6.45) is 3.01. The highest BCUT2D eigenvalue weighted by atomic mass is 16.5. The maximum atomic E-state index is 11.7. The van der Waals surface area contributed by atoms with Crippen molar-refractivity contribution in [1.82, 2.24) is 9.97 Å². The van der Waals surface area contributed by atoms with Crippen molar-refractivity contribution in [2.45, 2.75) is 12.8 Å². The third-order valence-corrected chi connectivity index (χ3v) is 4.63. The van der Waals surface area contributed by atoms with E-state index in [-0.39, 0.29) is 11.9 Å². The van der Waals surface area contributed by atoms with Gasteiger partial charge in [0.25, 0.3) is 0 Å². The third kappa shape index (κ3) is 3.50. The van der Waals surface area contributed by atoms with Crippen LogP contribution in [0.15, 0.2) is 36.7 Å². The fraction of sp³-hybridized carbons (Fsp3) is 0.389. The molecule has 2 aromatic rings. The van der Waals surface area contributed by atoms with Gasteiger partial charge in [-0.2, -0.15) is 0 Å². The van der Waals surface area contributed by atoms with Crippen LogP contribution in [0, 0.1) is 5.92 Å². The molecule has 1 fully saturated rings. The predicted molar refractivity (Wildman–Crippen MR) is 97.9 cm³/mol. The minimum atomic E-state index is -0.139. The van der Waals surface area contributed by atoms with E-state index in [1.807, 2.05) is 42.3 Å². The van der Waals surface area contributed by atoms with Gasteiger partial charge in [-0.1, -0.05) is 18.2 Å². The Kier molecular flexibility index (Phi) is 5.02. The second-order valence-electron chi connectivity index (χ2n) is 6.11. The molecule has 0 aliphatic carbocycles. The lowest BCUT2D eigenvalue weighted by Gasteiger charge is -2.33. The standard InChI is InChI=1S/C18H23N5O2/c1-22(14-6-4-3-5-7-14)16-15(19)17(21-12-20-16)23-10-8-13(9-11-23)18(24)25-2/h3-7,12-13H,8-11,19H2,1-2H3. The highest BCUT2D eigenvalue weighted by molar-refractivity contribution is 5.79. The van der Waals surface area contributed by atoms with E-state index in [9.17, 15) is 4.79 Å². The van der Waals surface area contributed by atoms with E-state index in [4.69, 9.17) is 10.5 Å². The van der Waals surface area contributed by atoms with Gasteiger partial charge in [0.15, 0.2) is 11.6 Å². The summed E-state index contributed by atoms with van der Waals surface area (Å²) in [6.45, 7) is 1.44. The molecule has 2 N–H and O–H groups in total. The van der Waals surface area contributed by atoms with Crippen molar-refractivity contribution in [2.75, 3.05) is 42.8 Å². The maximum Gasteiger partial charge on any atom is 0.308 e. The summed E-state index contributed by atoms with van der Waals surface area (Å²) in [7, 11) is 3.37. The number of anilines is 4. The Balaban J connectivity index is 1.79. The number of benzene rings is 1. The largest absolute Gasteiger partial charge is 0.469 e. The van der Waals surface area contributed by atoms with Crippen LogP contribution in [0.25, 0.3) is 0 Å². The van der Waals surface area contributed by atoms with Crippen molar-refractivity contribution in [3.8, 4) is 0 Å². The molecule has 0 saturated carbocycles. The second kappa shape index (κ2) is 7.38. The third-order valence-electron chi connectivity index (χ3n) is 4.63. The van der Waals surface area contributed by atoms with Gasteiger partial charge in [-0.05, 0) is 25.0 Å². The monoisotopic (exact) mass is 341 g/mol. The molecule has 1 saturated heterocycles. The molecule has 1 aromatic carbocycles. The summed E-state index contributed by atoms with van der Waals surface area (Å²) in [5.74, 6) is 1.21. The van der Waals surface area contributed by atoms with E-state index >= 15 is 0 Å². The average Bonchev–Trinajstić information content (AvgIpc) is 2.68. The number of hydrogen-bond donors (Lipinski definition) is 1. The number of carbonyl (C=O) groups is 1. The van der Waals surface area contributed by atoms with Crippen molar-refractivity contribution in [3.63, 3.8) is 0 Å². The van der Waals surface area contributed by atoms with Crippen LogP contribution in [0.3, 0.4) is 0 Å². The van der Waals surface area contributed by atoms with Gasteiger partial charge in [0.1, 0.15) is 12.0 Å². The number of aromatic nitrogens is 2. The fourth-order valence-corrected chi connectivity index (χ4v) is 3.16. The molecule has 1 aliphatic heterocycles. The molecule has 1 aromatic heterocycles. The van der Waals surface area contributed by atoms with E-state index in [0.29, 0.717) is 11.5 Å². The molecule has 0 spiro atoms. The Labute approximate surface area is 147 Å². The van der Waals surface area contributed by atoms with Gasteiger partial charge in [0.2, 0.25) is 0 Å². The Morgan fingerprint density at radius 2 is 1.92 bits per heavy atom. The van der Waals surface area contributed by atoms with E-state index in [1.165, 1.54) is 13.4 Å². The van der Waals surface area contributed by atoms with Gasteiger partial charge in [-0.25, -0.2) is 9.97 Å². The summed E-state index contributed by atoms with van der Waals surface area (Å²) in [5, 5.41) is 0. The van der Waals surface area contributed by atoms with Gasteiger partial charge < -0.3 is 20.3 Å². The van der Waals surface area contributed by atoms with Crippen LogP contribution >= 0.6 is 0 Å². The number of nitrogens with zero attached hydrogens (tertiary/aromatic N) is 4. The zero-order chi connectivity index (χ0) is 17.8. The minimum absolute atomic E-state index is 0.0456. The van der Waals surface area contributed by atoms with E-state index in [0.717, 1.165) is 37.4 Å². The average molecular weight is 341 g/mol. The summed E-state index contributed by atoms with van der Waals surface area (Å²) in [5.41, 5.74) is 7.92. The minimum Gasteiger partial charge on any atom is -0.469 e. The van der Waals surface area contributed by atoms with Crippen molar-refractivity contribution in [2.24, 2.45) is 5.92 Å². The van der Waals surface area contributed by atoms with E-state index < -0.39 is 0 Å². The smallest absolute Gasteiger partial charge is 0.308 e. The van der Waals surface area contributed by atoms with Gasteiger partial charge in [-0.3, -0.25) is 4.79 Å². The molecule has 7 nitrogen and oxygen atoms in total. The Morgan fingerprint density at radius 3 is 2.56 bits per heavy atom. The number of carbonyl (C=O) groups excluding carboxylic acids is 1. The first-order valence-electron chi connectivity index (χ1n) is 8.34. The van der Waals surface area contributed by atoms with Crippen LogP contribution in [-0.2, 0) is 9.53 Å². The quantitative estimate of drug-likeness (QED) is 0.854. The predicted octanol–water partition coefficient (Wildman–Crippen LogP) is 2.22. The SMILES string of the molecule is COC(=O)C1CCN(c2ncnc(N(C)c3ccccc3)c2N)CC1. The van der Waals surface area contributed by atoms with Crippen molar-refractivity contribution < 1.29 is 9.53 Å². The van der Waals surface area contributed by atoms with Crippen molar-refractivity contribution >= 4 is 29.0 Å². The number of piperidine rings is 1. The summed E-state index contributed by atoms with van der Waals surface area (Å²) in [6, 6.07) is 9.92. The normalized spacial score (nSPS) is 15.0. The maximum absolute atomic E-state index is 11.7. The van der Waals surface area contributed by atoms with Gasteiger partial charge in [0.05, 0.1) is 13.0 Å². The molecule has 2 heterocycles. The van der Waals surface area contributed by atoms with Crippen LogP contribution in [0.2, 0.25) is 0 Å². The number of nitrogens with two attached hydrogens (primary N) is 1. The van der Waals surface area contributed by atoms with Crippen molar-refractivity contribution in [3.05, 3.63) is 36.7 Å². The number of esters is 1. The summed E-state index contributed by atoms with van der Waals surface area (Å²) in [4.78, 5) is 24.5. The molecule has 0 radical (unpaired) electrons. The zero-order valence-corrected chi connectivity index (χ0v) is 14.6. The fourth-order valence-electron chi connectivity index (χ4n) is 3.16. The second-order valence-corrected chi connectivity index (χ2v) is 6.11. The molecular formula is C18H23N5O2. The number of rotatable bonds is 4. The van der Waals surface area contributed by atoms with Crippen LogP contribution in [-0.4, -0.2) is 43.2 Å². The highest BCUT2D eigenvalue weighted by Gasteiger charge is 2.28. The first-order chi connectivity index (χ1) is 12.1. The van der Waals surface area contributed by atoms with Crippen LogP contribution < -0.4 is 15.5 Å². The highest BCUT2D eigenvalue weighted by Crippen LogP contribution is 2.34. The Bertz CT molecular complexity index is 730. The molecule has 0 unspecified atom stereocenters. The number of ether oxygens (including phenoxy) is 1. The number of nitrogen functional groups attached to an aromatic ring is 1. The molecule has 0 bridgehead atoms. The van der Waals surface area contributed by atoms with Gasteiger partial charge in [-0.15, -0.1) is 0 Å². The number of methoxy groups -OCH3 is 1. The van der Waals surface area contributed by atoms with E-state index in [1.54, 1.807) is 0 Å². The topological polar surface area (TPSA) is 84.6 Å². The molecular weight excluding hydrogens is 318 g/mol. The lowest BCUT2D eigenvalue weighted by Crippen LogP contribution is -2.37. The molecule has 7 heteroatoms. The zero-order valence-electron chi connectivity index (χ0n) is 14.6. The number of para-hydroxylation sites is 1. The van der Waals surface area contributed by atoms with E-state index in [2.05, 4.69) is 14.9 Å². The lowest BCUT2D eigenvalue weighted by molar-refractivity contribution is -0.146. The van der Waals surface area contributed by atoms with Crippen LogP contribution in [0.1, 0.15) is 12.8 Å². The summed E-state index contributed by atoms with van der Waals surface area (Å²) >= 11 is 0. The molecule has 1 aliphatic rings. The number of hydrogen-bond acceptors (Lipinski definition) is 7. The van der Waals surface area contributed by atoms with Crippen LogP contribution in [0.5, 0.6) is 0 Å². The first kappa shape index (κ1) is 17.0. The lowest BCUT2D eigenvalue weighted by atomic mass is 9.97.